The zero-order valence-corrected chi connectivity index (χ0v) is 13.3. The van der Waals surface area contributed by atoms with Crippen LogP contribution in [0.1, 0.15) is 6.42 Å². The topological polar surface area (TPSA) is 37.3 Å². The number of allylic oxidation sites excluding steroid dienone is 4. The van der Waals surface area contributed by atoms with Crippen molar-refractivity contribution in [2.45, 2.75) is 6.42 Å². The SMILES string of the molecule is O=C(O)C#CC1=C[C@@H]2C3C=CC(C3)[C@@H]2C1=[Se].[Re]. The van der Waals surface area contributed by atoms with Gasteiger partial charge in [0.25, 0.3) is 0 Å². The van der Waals surface area contributed by atoms with Gasteiger partial charge in [0.15, 0.2) is 0 Å². The van der Waals surface area contributed by atoms with Crippen LogP contribution in [-0.4, -0.2) is 31.1 Å². The molecule has 0 aromatic carbocycles. The maximum Gasteiger partial charge on any atom is 0 e. The Bertz CT molecular complexity index is 509. The third-order valence-corrected chi connectivity index (χ3v) is 4.78. The van der Waals surface area contributed by atoms with Gasteiger partial charge in [-0.25, -0.2) is 0 Å². The molecule has 0 aromatic heterocycles. The normalized spacial score (nSPS) is 35.8. The fraction of sp³-hybridized carbons (Fsp3) is 0.385. The third kappa shape index (κ3) is 2.03. The van der Waals surface area contributed by atoms with E-state index in [-0.39, 0.29) is 20.4 Å². The van der Waals surface area contributed by atoms with Gasteiger partial charge in [-0.1, -0.05) is 0 Å². The number of aliphatic carboxylic acids is 1. The van der Waals surface area contributed by atoms with Gasteiger partial charge < -0.3 is 0 Å². The monoisotopic (exact) mass is 465 g/mol. The Morgan fingerprint density at radius 2 is 2.12 bits per heavy atom. The summed E-state index contributed by atoms with van der Waals surface area (Å²) in [6.07, 6.45) is 7.99. The van der Waals surface area contributed by atoms with Gasteiger partial charge in [0.1, 0.15) is 0 Å². The van der Waals surface area contributed by atoms with Crippen molar-refractivity contribution < 1.29 is 30.3 Å². The van der Waals surface area contributed by atoms with Gasteiger partial charge >= 0.3 is 102 Å². The number of rotatable bonds is 0. The summed E-state index contributed by atoms with van der Waals surface area (Å²) < 4.78 is 1.16. The Balaban J connectivity index is 0.00000108. The van der Waals surface area contributed by atoms with E-state index < -0.39 is 5.97 Å². The molecule has 1 N–H and O–H groups in total. The van der Waals surface area contributed by atoms with E-state index >= 15 is 0 Å². The number of carbonyl (C=O) groups is 1. The molecule has 2 bridgehead atoms. The van der Waals surface area contributed by atoms with Crippen LogP contribution in [0.5, 0.6) is 0 Å². The molecule has 0 aliphatic heterocycles. The maximum absolute atomic E-state index is 10.4. The first-order valence-corrected chi connectivity index (χ1v) is 6.22. The molecule has 2 nitrogen and oxygen atoms in total. The van der Waals surface area contributed by atoms with Crippen molar-refractivity contribution in [1.82, 2.24) is 0 Å². The Hall–Kier alpha value is -0.438. The van der Waals surface area contributed by atoms with Crippen LogP contribution in [0.4, 0.5) is 0 Å². The van der Waals surface area contributed by atoms with Gasteiger partial charge in [-0.2, -0.15) is 0 Å². The first kappa shape index (κ1) is 13.0. The molecule has 1 radical (unpaired) electrons. The molecule has 0 spiro atoms. The molecule has 0 saturated heterocycles. The van der Waals surface area contributed by atoms with E-state index in [0.717, 1.165) is 9.99 Å². The minimum Gasteiger partial charge on any atom is 0 e. The summed E-state index contributed by atoms with van der Waals surface area (Å²) in [7, 11) is 0. The van der Waals surface area contributed by atoms with Gasteiger partial charge in [-0.05, 0) is 0 Å². The van der Waals surface area contributed by atoms with E-state index in [4.69, 9.17) is 5.11 Å². The van der Waals surface area contributed by atoms with E-state index in [2.05, 4.69) is 45.6 Å². The van der Waals surface area contributed by atoms with Gasteiger partial charge in [0.2, 0.25) is 0 Å². The van der Waals surface area contributed by atoms with Crippen molar-refractivity contribution in [3.63, 3.8) is 0 Å². The van der Waals surface area contributed by atoms with Crippen molar-refractivity contribution in [3.8, 4) is 11.8 Å². The number of carboxylic acid groups (broad SMARTS) is 1. The Kier molecular flexibility index (Phi) is 3.58. The zero-order valence-electron chi connectivity index (χ0n) is 8.89. The maximum atomic E-state index is 10.4. The Morgan fingerprint density at radius 1 is 1.41 bits per heavy atom. The average molecular weight is 463 g/mol. The van der Waals surface area contributed by atoms with Crippen LogP contribution in [0.15, 0.2) is 23.8 Å². The number of fused-ring (bicyclic) bond motifs is 5. The summed E-state index contributed by atoms with van der Waals surface area (Å²) >= 11 is 3.09. The van der Waals surface area contributed by atoms with Crippen LogP contribution in [-0.2, 0) is 25.2 Å². The molecule has 0 heterocycles. The van der Waals surface area contributed by atoms with Gasteiger partial charge in [0.05, 0.1) is 0 Å². The number of carboxylic acids is 1. The standard InChI is InChI=1S/C13H10O2Se.Re/c14-11(15)4-3-9-6-10-7-1-2-8(5-7)12(10)13(9)16;/h1-2,6-8,10,12H,5H2,(H,14,15);/t7?,8?,10-,12+;/m1./s1. The average Bonchev–Trinajstić information content (AvgIpc) is 2.88. The summed E-state index contributed by atoms with van der Waals surface area (Å²) in [5.74, 6) is 6.23. The summed E-state index contributed by atoms with van der Waals surface area (Å²) in [5.41, 5.74) is 0.899. The van der Waals surface area contributed by atoms with Crippen LogP contribution >= 0.6 is 0 Å². The molecule has 17 heavy (non-hydrogen) atoms. The van der Waals surface area contributed by atoms with Gasteiger partial charge in [0, 0.05) is 20.4 Å². The van der Waals surface area contributed by atoms with Crippen molar-refractivity contribution >= 4 is 26.0 Å². The zero-order chi connectivity index (χ0) is 11.3. The minimum atomic E-state index is -1.06. The second-order valence-electron chi connectivity index (χ2n) is 4.55. The predicted octanol–water partition coefficient (Wildman–Crippen LogP) is 0.791. The third-order valence-electron chi connectivity index (χ3n) is 3.75. The molecule has 87 valence electrons. The molecule has 1 saturated carbocycles. The molecule has 0 aromatic rings. The summed E-state index contributed by atoms with van der Waals surface area (Å²) in [6.45, 7) is 0. The first-order valence-electron chi connectivity index (χ1n) is 5.36. The molecule has 3 aliphatic carbocycles. The summed E-state index contributed by atoms with van der Waals surface area (Å²) in [5, 5.41) is 8.55. The summed E-state index contributed by atoms with van der Waals surface area (Å²) in [6, 6.07) is 0. The Labute approximate surface area is 122 Å². The predicted molar refractivity (Wildman–Crippen MR) is 62.0 cm³/mol. The molecule has 3 aliphatic rings. The fourth-order valence-corrected chi connectivity index (χ4v) is 4.08. The van der Waals surface area contributed by atoms with Gasteiger partial charge in [-0.15, -0.1) is 0 Å². The van der Waals surface area contributed by atoms with E-state index in [9.17, 15) is 4.79 Å². The second kappa shape index (κ2) is 4.68. The number of hydrogen-bond acceptors (Lipinski definition) is 1. The van der Waals surface area contributed by atoms with Crippen molar-refractivity contribution in [1.29, 1.82) is 0 Å². The van der Waals surface area contributed by atoms with Crippen LogP contribution in [0.2, 0.25) is 0 Å². The molecular formula is C13H10O2ReSe. The smallest absolute Gasteiger partial charge is 0 e. The van der Waals surface area contributed by atoms with Crippen molar-refractivity contribution in [2.75, 3.05) is 0 Å². The molecule has 4 heteroatoms. The van der Waals surface area contributed by atoms with Crippen LogP contribution in [0.3, 0.4) is 0 Å². The first-order chi connectivity index (χ1) is 7.66. The van der Waals surface area contributed by atoms with E-state index in [1.807, 2.05) is 0 Å². The molecule has 0 amide bonds. The summed E-state index contributed by atoms with van der Waals surface area (Å²) in [4.78, 5) is 10.4. The van der Waals surface area contributed by atoms with Gasteiger partial charge in [-0.3, -0.25) is 0 Å². The second-order valence-corrected chi connectivity index (χ2v) is 5.47. The molecule has 2 unspecified atom stereocenters. The van der Waals surface area contributed by atoms with Crippen LogP contribution in [0, 0.1) is 35.5 Å². The quantitative estimate of drug-likeness (QED) is 0.328. The van der Waals surface area contributed by atoms with Crippen LogP contribution < -0.4 is 0 Å². The molecule has 3 rings (SSSR count). The number of hydrogen-bond donors (Lipinski definition) is 1. The Morgan fingerprint density at radius 3 is 2.76 bits per heavy atom. The molecule has 4 atom stereocenters. The van der Waals surface area contributed by atoms with Crippen molar-refractivity contribution in [3.05, 3.63) is 23.8 Å². The largest absolute Gasteiger partial charge is 0 e. The van der Waals surface area contributed by atoms with E-state index in [1.54, 1.807) is 0 Å². The van der Waals surface area contributed by atoms with Crippen molar-refractivity contribution in [2.24, 2.45) is 23.7 Å². The van der Waals surface area contributed by atoms with Crippen LogP contribution in [0.25, 0.3) is 0 Å². The molecule has 1 fully saturated rings. The van der Waals surface area contributed by atoms with E-state index in [1.165, 1.54) is 6.42 Å². The fourth-order valence-electron chi connectivity index (χ4n) is 3.14. The molecular weight excluding hydrogens is 453 g/mol. The van der Waals surface area contributed by atoms with E-state index in [0.29, 0.717) is 23.7 Å². The minimum absolute atomic E-state index is 0.